The van der Waals surface area contributed by atoms with Crippen molar-refractivity contribution < 1.29 is 4.79 Å². The number of nitrogens with zero attached hydrogens (tertiary/aromatic N) is 3. The molecule has 1 saturated carbocycles. The smallest absolute Gasteiger partial charge is 0.225 e. The number of aldehydes is 1. The largest absolute Gasteiger partial charge is 0.341 e. The van der Waals surface area contributed by atoms with Gasteiger partial charge in [0, 0.05) is 25.5 Å². The van der Waals surface area contributed by atoms with Crippen LogP contribution in [0.5, 0.6) is 0 Å². The molecule has 1 aliphatic rings. The summed E-state index contributed by atoms with van der Waals surface area (Å²) >= 11 is 0. The van der Waals surface area contributed by atoms with Crippen molar-refractivity contribution in [1.29, 1.82) is 0 Å². The third-order valence-corrected chi connectivity index (χ3v) is 3.23. The predicted molar refractivity (Wildman–Crippen MR) is 62.7 cm³/mol. The van der Waals surface area contributed by atoms with Crippen molar-refractivity contribution in [1.82, 2.24) is 9.97 Å². The molecule has 1 fully saturated rings. The highest BCUT2D eigenvalue weighted by Crippen LogP contribution is 2.23. The third-order valence-electron chi connectivity index (χ3n) is 3.23. The first-order chi connectivity index (χ1) is 7.81. The monoisotopic (exact) mass is 219 g/mol. The Hall–Kier alpha value is -1.45. The van der Waals surface area contributed by atoms with Crippen LogP contribution in [0.2, 0.25) is 0 Å². The van der Waals surface area contributed by atoms with Gasteiger partial charge in [-0.15, -0.1) is 0 Å². The summed E-state index contributed by atoms with van der Waals surface area (Å²) in [6, 6.07) is 0.552. The maximum atomic E-state index is 10.5. The Morgan fingerprint density at radius 2 is 1.88 bits per heavy atom. The van der Waals surface area contributed by atoms with Gasteiger partial charge in [-0.05, 0) is 12.8 Å². The molecule has 1 aromatic heterocycles. The van der Waals surface area contributed by atoms with E-state index in [0.717, 1.165) is 12.2 Å². The predicted octanol–water partition coefficient (Wildman–Crippen LogP) is 2.06. The molecule has 0 saturated heterocycles. The molecule has 4 nitrogen and oxygen atoms in total. The summed E-state index contributed by atoms with van der Waals surface area (Å²) in [5, 5.41) is 0. The quantitative estimate of drug-likeness (QED) is 0.730. The molecule has 1 aromatic rings. The van der Waals surface area contributed by atoms with Crippen LogP contribution in [0.1, 0.15) is 42.5 Å². The van der Waals surface area contributed by atoms with Crippen LogP contribution in [0.15, 0.2) is 12.4 Å². The molecule has 0 aliphatic heterocycles. The SMILES string of the molecule is CN(c1ncc(C=O)cn1)C1CCCCC1. The Kier molecular flexibility index (Phi) is 3.49. The molecule has 0 unspecified atom stereocenters. The second kappa shape index (κ2) is 5.05. The Bertz CT molecular complexity index is 344. The molecule has 0 bridgehead atoms. The van der Waals surface area contributed by atoms with Crippen LogP contribution < -0.4 is 4.90 Å². The van der Waals surface area contributed by atoms with Gasteiger partial charge in [0.25, 0.3) is 0 Å². The summed E-state index contributed by atoms with van der Waals surface area (Å²) in [7, 11) is 2.03. The van der Waals surface area contributed by atoms with Crippen LogP contribution in [0, 0.1) is 0 Å². The molecule has 0 aromatic carbocycles. The lowest BCUT2D eigenvalue weighted by Gasteiger charge is -2.31. The number of carbonyl (C=O) groups excluding carboxylic acids is 1. The van der Waals surface area contributed by atoms with Gasteiger partial charge >= 0.3 is 0 Å². The van der Waals surface area contributed by atoms with E-state index in [1.165, 1.54) is 32.1 Å². The van der Waals surface area contributed by atoms with E-state index >= 15 is 0 Å². The fourth-order valence-electron chi connectivity index (χ4n) is 2.21. The van der Waals surface area contributed by atoms with E-state index in [0.29, 0.717) is 11.6 Å². The van der Waals surface area contributed by atoms with Crippen LogP contribution in [0.25, 0.3) is 0 Å². The third kappa shape index (κ3) is 2.38. The molecule has 4 heteroatoms. The summed E-state index contributed by atoms with van der Waals surface area (Å²) < 4.78 is 0. The molecular formula is C12H17N3O. The van der Waals surface area contributed by atoms with Gasteiger partial charge in [-0.3, -0.25) is 4.79 Å². The van der Waals surface area contributed by atoms with Crippen molar-refractivity contribution in [3.63, 3.8) is 0 Å². The van der Waals surface area contributed by atoms with Crippen molar-refractivity contribution in [2.24, 2.45) is 0 Å². The lowest BCUT2D eigenvalue weighted by atomic mass is 9.95. The van der Waals surface area contributed by atoms with E-state index < -0.39 is 0 Å². The van der Waals surface area contributed by atoms with Crippen LogP contribution in [-0.4, -0.2) is 29.3 Å². The van der Waals surface area contributed by atoms with Gasteiger partial charge in [-0.2, -0.15) is 0 Å². The zero-order valence-electron chi connectivity index (χ0n) is 9.59. The molecule has 0 atom stereocenters. The van der Waals surface area contributed by atoms with Gasteiger partial charge in [0.2, 0.25) is 5.95 Å². The van der Waals surface area contributed by atoms with Crippen molar-refractivity contribution in [3.05, 3.63) is 18.0 Å². The average Bonchev–Trinajstić information content (AvgIpc) is 2.39. The molecule has 2 rings (SSSR count). The fourth-order valence-corrected chi connectivity index (χ4v) is 2.21. The standard InChI is InChI=1S/C12H17N3O/c1-15(11-5-3-2-4-6-11)12-13-7-10(9-16)8-14-12/h7-9,11H,2-6H2,1H3. The van der Waals surface area contributed by atoms with Gasteiger partial charge in [0.05, 0.1) is 5.56 Å². The highest BCUT2D eigenvalue weighted by atomic mass is 16.1. The van der Waals surface area contributed by atoms with E-state index in [1.54, 1.807) is 12.4 Å². The van der Waals surface area contributed by atoms with Crippen LogP contribution >= 0.6 is 0 Å². The maximum absolute atomic E-state index is 10.5. The summed E-state index contributed by atoms with van der Waals surface area (Å²) in [6.07, 6.45) is 10.3. The normalized spacial score (nSPS) is 17.1. The van der Waals surface area contributed by atoms with E-state index in [-0.39, 0.29) is 0 Å². The zero-order valence-corrected chi connectivity index (χ0v) is 9.59. The van der Waals surface area contributed by atoms with Crippen molar-refractivity contribution >= 4 is 12.2 Å². The Balaban J connectivity index is 2.06. The van der Waals surface area contributed by atoms with Crippen LogP contribution in [0.4, 0.5) is 5.95 Å². The highest BCUT2D eigenvalue weighted by molar-refractivity contribution is 5.73. The number of rotatable bonds is 3. The Morgan fingerprint density at radius 3 is 2.44 bits per heavy atom. The molecule has 1 heterocycles. The first-order valence-corrected chi connectivity index (χ1v) is 5.81. The second-order valence-corrected chi connectivity index (χ2v) is 4.34. The average molecular weight is 219 g/mol. The number of anilines is 1. The molecule has 0 N–H and O–H groups in total. The summed E-state index contributed by atoms with van der Waals surface area (Å²) in [5.74, 6) is 0.720. The molecule has 0 radical (unpaired) electrons. The lowest BCUT2D eigenvalue weighted by Crippen LogP contribution is -2.34. The van der Waals surface area contributed by atoms with Gasteiger partial charge in [0.15, 0.2) is 6.29 Å². The first kappa shape index (κ1) is 11.0. The number of carbonyl (C=O) groups is 1. The van der Waals surface area contributed by atoms with E-state index in [9.17, 15) is 4.79 Å². The maximum Gasteiger partial charge on any atom is 0.225 e. The van der Waals surface area contributed by atoms with E-state index in [1.807, 2.05) is 7.05 Å². The minimum Gasteiger partial charge on any atom is -0.341 e. The van der Waals surface area contributed by atoms with Crippen molar-refractivity contribution in [2.45, 2.75) is 38.1 Å². The van der Waals surface area contributed by atoms with Gasteiger partial charge in [-0.25, -0.2) is 9.97 Å². The fraction of sp³-hybridized carbons (Fsp3) is 0.583. The first-order valence-electron chi connectivity index (χ1n) is 5.81. The van der Waals surface area contributed by atoms with E-state index in [2.05, 4.69) is 14.9 Å². The Labute approximate surface area is 95.7 Å². The second-order valence-electron chi connectivity index (χ2n) is 4.34. The molecule has 1 aliphatic carbocycles. The number of hydrogen-bond acceptors (Lipinski definition) is 4. The van der Waals surface area contributed by atoms with Crippen LogP contribution in [0.3, 0.4) is 0 Å². The van der Waals surface area contributed by atoms with Crippen LogP contribution in [-0.2, 0) is 0 Å². The molecule has 86 valence electrons. The molecule has 0 spiro atoms. The van der Waals surface area contributed by atoms with Gasteiger partial charge < -0.3 is 4.90 Å². The van der Waals surface area contributed by atoms with Crippen molar-refractivity contribution in [3.8, 4) is 0 Å². The zero-order chi connectivity index (χ0) is 11.4. The minimum absolute atomic E-state index is 0.529. The number of aromatic nitrogens is 2. The summed E-state index contributed by atoms with van der Waals surface area (Å²) in [5.41, 5.74) is 0.529. The lowest BCUT2D eigenvalue weighted by molar-refractivity contribution is 0.112. The Morgan fingerprint density at radius 1 is 1.25 bits per heavy atom. The molecule has 16 heavy (non-hydrogen) atoms. The minimum atomic E-state index is 0.529. The van der Waals surface area contributed by atoms with Gasteiger partial charge in [-0.1, -0.05) is 19.3 Å². The summed E-state index contributed by atoms with van der Waals surface area (Å²) in [6.45, 7) is 0. The molecule has 0 amide bonds. The summed E-state index contributed by atoms with van der Waals surface area (Å²) in [4.78, 5) is 21.0. The number of hydrogen-bond donors (Lipinski definition) is 0. The molecular weight excluding hydrogens is 202 g/mol. The topological polar surface area (TPSA) is 46.1 Å². The van der Waals surface area contributed by atoms with E-state index in [4.69, 9.17) is 0 Å². The van der Waals surface area contributed by atoms with Gasteiger partial charge in [0.1, 0.15) is 0 Å². The van der Waals surface area contributed by atoms with Crippen molar-refractivity contribution in [2.75, 3.05) is 11.9 Å². The highest BCUT2D eigenvalue weighted by Gasteiger charge is 2.19.